The molecular formula is C10H15Br2CoN3. The molecule has 0 aliphatic carbocycles. The molecule has 0 spiro atoms. The topological polar surface area (TPSA) is 28.5 Å². The van der Waals surface area contributed by atoms with Crippen LogP contribution in [0.5, 0.6) is 0 Å². The summed E-state index contributed by atoms with van der Waals surface area (Å²) in [5, 5.41) is 0. The van der Waals surface area contributed by atoms with Crippen LogP contribution in [0, 0.1) is 0 Å². The summed E-state index contributed by atoms with van der Waals surface area (Å²) >= 11 is 7.12. The van der Waals surface area contributed by atoms with Crippen molar-refractivity contribution in [3.8, 4) is 0 Å². The summed E-state index contributed by atoms with van der Waals surface area (Å²) in [6.45, 7) is 1.80. The third kappa shape index (κ3) is 10.8. The molecular weight excluding hydrogens is 381 g/mol. The van der Waals surface area contributed by atoms with E-state index < -0.39 is 0 Å². The Bertz CT molecular complexity index is 281. The molecule has 1 heterocycles. The van der Waals surface area contributed by atoms with Crippen LogP contribution < -0.4 is 0 Å². The molecule has 0 saturated heterocycles. The van der Waals surface area contributed by atoms with E-state index in [1.165, 1.54) is 0 Å². The van der Waals surface area contributed by atoms with Gasteiger partial charge in [0.15, 0.2) is 0 Å². The average Bonchev–Trinajstić information content (AvgIpc) is 2.27. The number of hydrogen-bond donors (Lipinski definition) is 0. The zero-order chi connectivity index (χ0) is 12.2. The van der Waals surface area contributed by atoms with Gasteiger partial charge in [-0.3, -0.25) is 9.98 Å². The van der Waals surface area contributed by atoms with E-state index in [0.29, 0.717) is 0 Å². The maximum absolute atomic E-state index is 4.25. The van der Waals surface area contributed by atoms with Gasteiger partial charge in [0.25, 0.3) is 0 Å². The second-order valence-electron chi connectivity index (χ2n) is 3.14. The molecule has 1 rings (SSSR count). The van der Waals surface area contributed by atoms with Gasteiger partial charge in [-0.25, -0.2) is 0 Å². The summed E-state index contributed by atoms with van der Waals surface area (Å²) < 4.78 is 0. The fourth-order valence-electron chi connectivity index (χ4n) is 0.868. The Labute approximate surface area is 117 Å². The predicted molar refractivity (Wildman–Crippen MR) is 73.1 cm³/mol. The molecule has 16 heavy (non-hydrogen) atoms. The molecule has 0 unspecified atom stereocenters. The molecule has 0 bridgehead atoms. The number of halogens is 2. The van der Waals surface area contributed by atoms with Crippen LogP contribution in [0.4, 0.5) is 0 Å². The number of nitrogens with zero attached hydrogens (tertiary/aromatic N) is 3. The molecule has 0 radical (unpaired) electrons. The summed E-state index contributed by atoms with van der Waals surface area (Å²) in [5.41, 5.74) is 0.918. The number of likely N-dealkylation sites (N-methyl/N-ethyl adjacent to an activating group) is 1. The van der Waals surface area contributed by atoms with Gasteiger partial charge < -0.3 is 4.90 Å². The van der Waals surface area contributed by atoms with Crippen molar-refractivity contribution in [1.29, 1.82) is 0 Å². The van der Waals surface area contributed by atoms with Crippen molar-refractivity contribution in [2.75, 3.05) is 27.2 Å². The molecule has 0 atom stereocenters. The third-order valence-electron chi connectivity index (χ3n) is 1.59. The first-order valence-electron chi connectivity index (χ1n) is 4.60. The van der Waals surface area contributed by atoms with E-state index in [-0.39, 0.29) is 0 Å². The Morgan fingerprint density at radius 3 is 2.62 bits per heavy atom. The first-order chi connectivity index (χ1) is 7.70. The van der Waals surface area contributed by atoms with Crippen molar-refractivity contribution < 1.29 is 11.1 Å². The predicted octanol–water partition coefficient (Wildman–Crippen LogP) is 2.75. The molecule has 0 N–H and O–H groups in total. The van der Waals surface area contributed by atoms with E-state index in [2.05, 4.69) is 43.2 Å². The number of rotatable bonds is 4. The number of pyridine rings is 1. The molecule has 0 saturated carbocycles. The van der Waals surface area contributed by atoms with Gasteiger partial charge in [-0.05, 0) is 26.2 Å². The van der Waals surface area contributed by atoms with Crippen molar-refractivity contribution in [3.05, 3.63) is 30.1 Å². The Kier molecular flexibility index (Phi) is 11.9. The monoisotopic (exact) mass is 394 g/mol. The average molecular weight is 396 g/mol. The fraction of sp³-hybridized carbons (Fsp3) is 0.400. The van der Waals surface area contributed by atoms with Gasteiger partial charge in [-0.1, -0.05) is 6.07 Å². The van der Waals surface area contributed by atoms with Crippen molar-refractivity contribution in [2.24, 2.45) is 4.99 Å². The molecule has 1 aromatic rings. The SMILES string of the molecule is CN(C)CCN=Cc1ccccn1.[Br][Co][Br]. The van der Waals surface area contributed by atoms with E-state index in [1.807, 2.05) is 38.5 Å². The minimum atomic E-state index is 0.823. The fourth-order valence-corrected chi connectivity index (χ4v) is 0.868. The van der Waals surface area contributed by atoms with Crippen molar-refractivity contribution in [1.82, 2.24) is 9.88 Å². The second-order valence-corrected chi connectivity index (χ2v) is 8.39. The van der Waals surface area contributed by atoms with Crippen LogP contribution in [0.3, 0.4) is 0 Å². The number of hydrogen-bond acceptors (Lipinski definition) is 3. The number of aromatic nitrogens is 1. The molecule has 0 aliphatic rings. The first-order valence-corrected chi connectivity index (χ1v) is 9.74. The van der Waals surface area contributed by atoms with Gasteiger partial charge in [-0.15, -0.1) is 0 Å². The zero-order valence-electron chi connectivity index (χ0n) is 9.23. The van der Waals surface area contributed by atoms with Crippen LogP contribution >= 0.6 is 28.3 Å². The number of aliphatic imine (C=N–C) groups is 1. The van der Waals surface area contributed by atoms with E-state index in [1.54, 1.807) is 6.20 Å². The summed E-state index contributed by atoms with van der Waals surface area (Å²) in [6.07, 6.45) is 3.58. The Morgan fingerprint density at radius 1 is 1.44 bits per heavy atom. The minimum absolute atomic E-state index is 0.823. The molecule has 0 aliphatic heterocycles. The zero-order valence-corrected chi connectivity index (χ0v) is 13.4. The molecule has 6 heteroatoms. The van der Waals surface area contributed by atoms with Crippen LogP contribution in [0.25, 0.3) is 0 Å². The third-order valence-corrected chi connectivity index (χ3v) is 1.59. The van der Waals surface area contributed by atoms with Gasteiger partial charge in [0.05, 0.1) is 12.2 Å². The van der Waals surface area contributed by atoms with E-state index >= 15 is 0 Å². The molecule has 1 aromatic heterocycles. The van der Waals surface area contributed by atoms with Crippen LogP contribution in [0.2, 0.25) is 0 Å². The van der Waals surface area contributed by atoms with Crippen LogP contribution in [0.1, 0.15) is 5.69 Å². The van der Waals surface area contributed by atoms with Crippen LogP contribution in [0.15, 0.2) is 29.4 Å². The summed E-state index contributed by atoms with van der Waals surface area (Å²) in [4.78, 5) is 10.5. The van der Waals surface area contributed by atoms with Crippen molar-refractivity contribution in [2.45, 2.75) is 0 Å². The Hall–Kier alpha value is 0.246. The van der Waals surface area contributed by atoms with Gasteiger partial charge in [0, 0.05) is 19.0 Å². The molecule has 0 fully saturated rings. The van der Waals surface area contributed by atoms with Crippen molar-refractivity contribution in [3.63, 3.8) is 0 Å². The second kappa shape index (κ2) is 11.7. The van der Waals surface area contributed by atoms with E-state index in [0.717, 1.165) is 29.9 Å². The first kappa shape index (κ1) is 16.2. The Morgan fingerprint density at radius 2 is 2.12 bits per heavy atom. The standard InChI is InChI=1S/C10H15N3.2BrH.Co/c1-13(2)8-7-11-9-10-5-3-4-6-12-10;;;/h3-6,9H,7-8H2,1-2H3;2*1H;/q;;;+2/p-2. The molecule has 3 nitrogen and oxygen atoms in total. The van der Waals surface area contributed by atoms with Gasteiger partial charge in [0.1, 0.15) is 0 Å². The summed E-state index contributed by atoms with van der Waals surface area (Å²) in [5.74, 6) is 0. The summed E-state index contributed by atoms with van der Waals surface area (Å²) in [6, 6.07) is 5.80. The maximum atomic E-state index is 4.25. The van der Waals surface area contributed by atoms with E-state index in [4.69, 9.17) is 0 Å². The van der Waals surface area contributed by atoms with Gasteiger partial charge in [0.2, 0.25) is 0 Å². The Balaban J connectivity index is 0.000000673. The van der Waals surface area contributed by atoms with Gasteiger partial charge >= 0.3 is 39.5 Å². The van der Waals surface area contributed by atoms with Crippen molar-refractivity contribution >= 4 is 34.6 Å². The van der Waals surface area contributed by atoms with E-state index in [9.17, 15) is 0 Å². The van der Waals surface area contributed by atoms with Crippen LogP contribution in [-0.4, -0.2) is 43.3 Å². The van der Waals surface area contributed by atoms with Gasteiger partial charge in [-0.2, -0.15) is 0 Å². The van der Waals surface area contributed by atoms with Crippen LogP contribution in [-0.2, 0) is 11.1 Å². The molecule has 0 aromatic carbocycles. The summed E-state index contributed by atoms with van der Waals surface area (Å²) in [7, 11) is 4.08. The normalized spacial score (nSPS) is 10.6. The molecule has 0 amide bonds. The quantitative estimate of drug-likeness (QED) is 0.733. The molecule has 93 valence electrons.